The number of hydrogen-bond acceptors (Lipinski definition) is 2. The third-order valence-corrected chi connectivity index (χ3v) is 3.06. The maximum absolute atomic E-state index is 13.7. The number of anilines is 1. The predicted molar refractivity (Wildman–Crippen MR) is 75.5 cm³/mol. The maximum Gasteiger partial charge on any atom is 0.221 e. The van der Waals surface area contributed by atoms with E-state index in [4.69, 9.17) is 11.6 Å². The van der Waals surface area contributed by atoms with Crippen molar-refractivity contribution in [1.29, 1.82) is 0 Å². The summed E-state index contributed by atoms with van der Waals surface area (Å²) >= 11 is 5.95. The van der Waals surface area contributed by atoms with Crippen molar-refractivity contribution in [2.45, 2.75) is 6.92 Å². The van der Waals surface area contributed by atoms with E-state index in [1.165, 1.54) is 25.1 Å². The SMILES string of the molecule is CC(=O)Nc1cccc(Cl)c1C(=O)c1c(F)cccc1F. The minimum absolute atomic E-state index is 0.00565. The van der Waals surface area contributed by atoms with Gasteiger partial charge in [-0.15, -0.1) is 0 Å². The predicted octanol–water partition coefficient (Wildman–Crippen LogP) is 3.81. The van der Waals surface area contributed by atoms with Gasteiger partial charge in [0.2, 0.25) is 11.7 Å². The van der Waals surface area contributed by atoms with Gasteiger partial charge < -0.3 is 5.32 Å². The van der Waals surface area contributed by atoms with Crippen LogP contribution < -0.4 is 5.32 Å². The van der Waals surface area contributed by atoms with Gasteiger partial charge in [-0.1, -0.05) is 23.7 Å². The quantitative estimate of drug-likeness (QED) is 0.876. The van der Waals surface area contributed by atoms with E-state index >= 15 is 0 Å². The Kier molecular flexibility index (Phi) is 4.33. The summed E-state index contributed by atoms with van der Waals surface area (Å²) in [4.78, 5) is 23.6. The Balaban J connectivity index is 2.61. The van der Waals surface area contributed by atoms with Gasteiger partial charge in [-0.3, -0.25) is 9.59 Å². The zero-order valence-electron chi connectivity index (χ0n) is 10.9. The molecule has 0 spiro atoms. The van der Waals surface area contributed by atoms with Crippen molar-refractivity contribution in [2.75, 3.05) is 5.32 Å². The second-order valence-electron chi connectivity index (χ2n) is 4.27. The van der Waals surface area contributed by atoms with Crippen LogP contribution in [0.1, 0.15) is 22.8 Å². The summed E-state index contributed by atoms with van der Waals surface area (Å²) in [6.45, 7) is 1.25. The van der Waals surface area contributed by atoms with E-state index in [0.29, 0.717) is 0 Å². The molecule has 0 aliphatic carbocycles. The van der Waals surface area contributed by atoms with Crippen LogP contribution in [-0.2, 0) is 4.79 Å². The third kappa shape index (κ3) is 3.08. The van der Waals surface area contributed by atoms with E-state index in [1.54, 1.807) is 0 Å². The van der Waals surface area contributed by atoms with Crippen molar-refractivity contribution in [1.82, 2.24) is 0 Å². The molecule has 0 aliphatic rings. The van der Waals surface area contributed by atoms with Crippen molar-refractivity contribution in [3.05, 3.63) is 64.2 Å². The smallest absolute Gasteiger partial charge is 0.221 e. The van der Waals surface area contributed by atoms with E-state index in [0.717, 1.165) is 18.2 Å². The Labute approximate surface area is 124 Å². The van der Waals surface area contributed by atoms with Gasteiger partial charge in [0.15, 0.2) is 0 Å². The number of nitrogens with one attached hydrogen (secondary N) is 1. The van der Waals surface area contributed by atoms with Crippen molar-refractivity contribution < 1.29 is 18.4 Å². The molecule has 0 saturated carbocycles. The molecule has 0 bridgehead atoms. The molecule has 0 aromatic heterocycles. The highest BCUT2D eigenvalue weighted by Crippen LogP contribution is 2.29. The first-order valence-electron chi connectivity index (χ1n) is 5.96. The van der Waals surface area contributed by atoms with Gasteiger partial charge >= 0.3 is 0 Å². The highest BCUT2D eigenvalue weighted by Gasteiger charge is 2.23. The molecule has 0 heterocycles. The zero-order valence-corrected chi connectivity index (χ0v) is 11.7. The summed E-state index contributed by atoms with van der Waals surface area (Å²) in [5.41, 5.74) is -0.766. The number of ketones is 1. The maximum atomic E-state index is 13.7. The second-order valence-corrected chi connectivity index (χ2v) is 4.68. The molecule has 1 N–H and O–H groups in total. The molecule has 0 atom stereocenters. The van der Waals surface area contributed by atoms with Crippen molar-refractivity contribution in [2.24, 2.45) is 0 Å². The molecule has 21 heavy (non-hydrogen) atoms. The monoisotopic (exact) mass is 309 g/mol. The first-order chi connectivity index (χ1) is 9.91. The average Bonchev–Trinajstić information content (AvgIpc) is 2.37. The molecule has 108 valence electrons. The van der Waals surface area contributed by atoms with Gasteiger partial charge in [0.1, 0.15) is 11.6 Å². The van der Waals surface area contributed by atoms with Gasteiger partial charge in [0.25, 0.3) is 0 Å². The first-order valence-corrected chi connectivity index (χ1v) is 6.34. The average molecular weight is 310 g/mol. The number of carbonyl (C=O) groups is 2. The van der Waals surface area contributed by atoms with Crippen molar-refractivity contribution in [3.8, 4) is 0 Å². The van der Waals surface area contributed by atoms with Crippen LogP contribution in [0, 0.1) is 11.6 Å². The fourth-order valence-corrected chi connectivity index (χ4v) is 2.15. The minimum Gasteiger partial charge on any atom is -0.326 e. The molecule has 0 fully saturated rings. The summed E-state index contributed by atoms with van der Waals surface area (Å²) < 4.78 is 27.4. The third-order valence-electron chi connectivity index (χ3n) is 2.74. The molecule has 0 radical (unpaired) electrons. The lowest BCUT2D eigenvalue weighted by Crippen LogP contribution is -2.14. The van der Waals surface area contributed by atoms with Crippen LogP contribution in [0.5, 0.6) is 0 Å². The van der Waals surface area contributed by atoms with Crippen molar-refractivity contribution in [3.63, 3.8) is 0 Å². The van der Waals surface area contributed by atoms with Gasteiger partial charge in [-0.25, -0.2) is 8.78 Å². The minimum atomic E-state index is -0.992. The van der Waals surface area contributed by atoms with Crippen LogP contribution in [0.25, 0.3) is 0 Å². The van der Waals surface area contributed by atoms with Crippen LogP contribution in [0.4, 0.5) is 14.5 Å². The molecular formula is C15H10ClF2NO2. The lowest BCUT2D eigenvalue weighted by atomic mass is 10.0. The highest BCUT2D eigenvalue weighted by molar-refractivity contribution is 6.36. The number of hydrogen-bond donors (Lipinski definition) is 1. The van der Waals surface area contributed by atoms with E-state index in [-0.39, 0.29) is 16.3 Å². The lowest BCUT2D eigenvalue weighted by molar-refractivity contribution is -0.114. The van der Waals surface area contributed by atoms with Crippen LogP contribution in [0.2, 0.25) is 5.02 Å². The molecule has 2 rings (SSSR count). The van der Waals surface area contributed by atoms with E-state index < -0.39 is 28.9 Å². The molecule has 3 nitrogen and oxygen atoms in total. The number of rotatable bonds is 3. The van der Waals surface area contributed by atoms with Crippen molar-refractivity contribution >= 4 is 29.0 Å². The number of carbonyl (C=O) groups excluding carboxylic acids is 2. The summed E-state index contributed by atoms with van der Waals surface area (Å²) in [7, 11) is 0. The standard InChI is InChI=1S/C15H10ClF2NO2/c1-8(20)19-12-7-2-4-9(16)13(12)15(21)14-10(17)5-3-6-11(14)18/h2-7H,1H3,(H,19,20). The number of halogens is 3. The molecule has 2 aromatic carbocycles. The van der Waals surface area contributed by atoms with E-state index in [1.807, 2.05) is 0 Å². The normalized spacial score (nSPS) is 10.3. The molecule has 0 saturated heterocycles. The van der Waals surface area contributed by atoms with Crippen LogP contribution in [0.3, 0.4) is 0 Å². The molecule has 0 unspecified atom stereocenters. The zero-order chi connectivity index (χ0) is 15.6. The summed E-state index contributed by atoms with van der Waals surface area (Å²) in [5.74, 6) is -3.34. The fourth-order valence-electron chi connectivity index (χ4n) is 1.89. The first kappa shape index (κ1) is 15.1. The van der Waals surface area contributed by atoms with Gasteiger partial charge in [-0.05, 0) is 24.3 Å². The summed E-state index contributed by atoms with van der Waals surface area (Å²) in [6.07, 6.45) is 0. The topological polar surface area (TPSA) is 46.2 Å². The molecule has 0 aliphatic heterocycles. The Morgan fingerprint density at radius 1 is 1.00 bits per heavy atom. The van der Waals surface area contributed by atoms with Gasteiger partial charge in [0.05, 0.1) is 21.8 Å². The van der Waals surface area contributed by atoms with Crippen LogP contribution in [0.15, 0.2) is 36.4 Å². The molecule has 6 heteroatoms. The Morgan fingerprint density at radius 3 is 2.14 bits per heavy atom. The van der Waals surface area contributed by atoms with Gasteiger partial charge in [-0.2, -0.15) is 0 Å². The Morgan fingerprint density at radius 2 is 1.57 bits per heavy atom. The summed E-state index contributed by atoms with van der Waals surface area (Å²) in [6, 6.07) is 7.46. The highest BCUT2D eigenvalue weighted by atomic mass is 35.5. The number of amides is 1. The number of benzene rings is 2. The fraction of sp³-hybridized carbons (Fsp3) is 0.0667. The molecular weight excluding hydrogens is 300 g/mol. The molecule has 1 amide bonds. The largest absolute Gasteiger partial charge is 0.326 e. The van der Waals surface area contributed by atoms with Gasteiger partial charge in [0, 0.05) is 6.92 Å². The summed E-state index contributed by atoms with van der Waals surface area (Å²) in [5, 5.41) is 2.41. The Hall–Kier alpha value is -2.27. The lowest BCUT2D eigenvalue weighted by Gasteiger charge is -2.11. The second kappa shape index (κ2) is 6.01. The molecule has 2 aromatic rings. The van der Waals surface area contributed by atoms with E-state index in [9.17, 15) is 18.4 Å². The van der Waals surface area contributed by atoms with E-state index in [2.05, 4.69) is 5.32 Å². The Bertz CT molecular complexity index is 711. The van der Waals surface area contributed by atoms with Crippen LogP contribution in [-0.4, -0.2) is 11.7 Å². The van der Waals surface area contributed by atoms with Crippen LogP contribution >= 0.6 is 11.6 Å².